The zero-order valence-corrected chi connectivity index (χ0v) is 12.0. The van der Waals surface area contributed by atoms with E-state index in [2.05, 4.69) is 5.32 Å². The molecular formula is C9H14N2O4S3. The molecule has 3 fully saturated rings. The fraction of sp³-hybridized carbons (Fsp3) is 0.889. The van der Waals surface area contributed by atoms with Crippen LogP contribution in [0, 0.1) is 0 Å². The second kappa shape index (κ2) is 3.80. The summed E-state index contributed by atoms with van der Waals surface area (Å²) >= 11 is 5.21. The molecule has 0 aromatic carbocycles. The Bertz CT molecular complexity index is 597. The Morgan fingerprint density at radius 1 is 1.11 bits per heavy atom. The third-order valence-electron chi connectivity index (χ3n) is 3.83. The molecule has 3 heterocycles. The Morgan fingerprint density at radius 3 is 2.44 bits per heavy atom. The Balaban J connectivity index is 1.86. The van der Waals surface area contributed by atoms with Gasteiger partial charge in [0, 0.05) is 6.04 Å². The lowest BCUT2D eigenvalue weighted by Crippen LogP contribution is -2.45. The average molecular weight is 310 g/mol. The van der Waals surface area contributed by atoms with Gasteiger partial charge in [0.1, 0.15) is 0 Å². The van der Waals surface area contributed by atoms with Crippen LogP contribution in [0.2, 0.25) is 0 Å². The summed E-state index contributed by atoms with van der Waals surface area (Å²) in [6, 6.07) is -0.537. The van der Waals surface area contributed by atoms with Crippen molar-refractivity contribution in [3.63, 3.8) is 0 Å². The quantitative estimate of drug-likeness (QED) is 0.592. The van der Waals surface area contributed by atoms with Gasteiger partial charge in [-0.3, -0.25) is 0 Å². The van der Waals surface area contributed by atoms with Crippen LogP contribution in [-0.2, 0) is 19.7 Å². The number of sulfone groups is 2. The maximum Gasteiger partial charge on any atom is 0.169 e. The smallest absolute Gasteiger partial charge is 0.169 e. The molecule has 1 N–H and O–H groups in total. The molecule has 0 amide bonds. The normalized spacial score (nSPS) is 40.8. The van der Waals surface area contributed by atoms with Gasteiger partial charge in [-0.05, 0) is 18.6 Å². The van der Waals surface area contributed by atoms with E-state index in [9.17, 15) is 16.8 Å². The summed E-state index contributed by atoms with van der Waals surface area (Å²) in [7, 11) is -6.03. The molecule has 18 heavy (non-hydrogen) atoms. The highest BCUT2D eigenvalue weighted by molar-refractivity contribution is 7.92. The highest BCUT2D eigenvalue weighted by Crippen LogP contribution is 2.30. The lowest BCUT2D eigenvalue weighted by molar-refractivity contribution is 0.289. The number of nitrogens with zero attached hydrogens (tertiary/aromatic N) is 1. The van der Waals surface area contributed by atoms with Crippen LogP contribution in [0.5, 0.6) is 0 Å². The average Bonchev–Trinajstić information content (AvgIpc) is 2.75. The van der Waals surface area contributed by atoms with Crippen molar-refractivity contribution in [3.8, 4) is 0 Å². The van der Waals surface area contributed by atoms with Gasteiger partial charge in [-0.15, -0.1) is 0 Å². The highest BCUT2D eigenvalue weighted by Gasteiger charge is 2.50. The van der Waals surface area contributed by atoms with Crippen molar-refractivity contribution < 1.29 is 16.8 Å². The summed E-state index contributed by atoms with van der Waals surface area (Å²) in [4.78, 5) is 1.81. The van der Waals surface area contributed by atoms with Gasteiger partial charge in [-0.25, -0.2) is 16.8 Å². The predicted molar refractivity (Wildman–Crippen MR) is 70.9 cm³/mol. The summed E-state index contributed by atoms with van der Waals surface area (Å²) in [5.74, 6) is 0.411. The van der Waals surface area contributed by atoms with Crippen LogP contribution in [0.4, 0.5) is 0 Å². The molecule has 3 aliphatic rings. The lowest BCUT2D eigenvalue weighted by atomic mass is 10.1. The monoisotopic (exact) mass is 310 g/mol. The predicted octanol–water partition coefficient (Wildman–Crippen LogP) is -1.47. The largest absolute Gasteiger partial charge is 0.357 e. The number of nitrogens with one attached hydrogen (secondary N) is 1. The molecule has 9 heteroatoms. The van der Waals surface area contributed by atoms with Crippen LogP contribution in [0.15, 0.2) is 0 Å². The SMILES string of the molecule is O=S1(=O)CC[C@H](N2C(=S)N[C@@H]3CS(=O)(=O)C[C@H]32)C1. The summed E-state index contributed by atoms with van der Waals surface area (Å²) in [6.07, 6.45) is 0.535. The fourth-order valence-electron chi connectivity index (χ4n) is 3.06. The van der Waals surface area contributed by atoms with Crippen LogP contribution in [-0.4, -0.2) is 68.0 Å². The minimum atomic E-state index is -3.03. The van der Waals surface area contributed by atoms with Crippen LogP contribution in [0.3, 0.4) is 0 Å². The first-order chi connectivity index (χ1) is 8.27. The third kappa shape index (κ3) is 2.01. The van der Waals surface area contributed by atoms with E-state index >= 15 is 0 Å². The van der Waals surface area contributed by atoms with E-state index in [-0.39, 0.29) is 41.1 Å². The van der Waals surface area contributed by atoms with Crippen LogP contribution < -0.4 is 5.32 Å². The third-order valence-corrected chi connectivity index (χ3v) is 7.62. The molecule has 0 aromatic rings. The number of thiocarbonyl (C=S) groups is 1. The van der Waals surface area contributed by atoms with E-state index in [1.54, 1.807) is 0 Å². The standard InChI is InChI=1S/C9H14N2O4S3/c12-17(13)2-1-6(3-17)11-8-5-18(14,15)4-7(8)10-9(11)16/h6-8H,1-5H2,(H,10,16)/t6-,7+,8+/m0/s1. The van der Waals surface area contributed by atoms with Crippen molar-refractivity contribution in [1.82, 2.24) is 10.2 Å². The van der Waals surface area contributed by atoms with E-state index in [0.717, 1.165) is 0 Å². The molecule has 3 rings (SSSR count). The van der Waals surface area contributed by atoms with Crippen LogP contribution >= 0.6 is 12.2 Å². The van der Waals surface area contributed by atoms with Crippen molar-refractivity contribution in [2.75, 3.05) is 23.0 Å². The molecule has 0 bridgehead atoms. The second-order valence-electron chi connectivity index (χ2n) is 5.16. The first kappa shape index (κ1) is 12.6. The molecule has 0 radical (unpaired) electrons. The van der Waals surface area contributed by atoms with Crippen LogP contribution in [0.1, 0.15) is 6.42 Å². The summed E-state index contributed by atoms with van der Waals surface area (Å²) in [5.41, 5.74) is 0. The molecule has 3 atom stereocenters. The Morgan fingerprint density at radius 2 is 1.83 bits per heavy atom. The van der Waals surface area contributed by atoms with Crippen molar-refractivity contribution in [2.24, 2.45) is 0 Å². The van der Waals surface area contributed by atoms with Crippen LogP contribution in [0.25, 0.3) is 0 Å². The minimum Gasteiger partial charge on any atom is -0.357 e. The molecule has 0 aliphatic carbocycles. The van der Waals surface area contributed by atoms with Crippen molar-refractivity contribution in [3.05, 3.63) is 0 Å². The van der Waals surface area contributed by atoms with Crippen molar-refractivity contribution >= 4 is 37.0 Å². The summed E-state index contributed by atoms with van der Waals surface area (Å²) in [5, 5.41) is 3.51. The Hall–Kier alpha value is -0.410. The maximum atomic E-state index is 11.6. The van der Waals surface area contributed by atoms with E-state index < -0.39 is 19.7 Å². The van der Waals surface area contributed by atoms with E-state index in [4.69, 9.17) is 12.2 Å². The van der Waals surface area contributed by atoms with Gasteiger partial charge in [0.2, 0.25) is 0 Å². The number of fused-ring (bicyclic) bond motifs is 1. The van der Waals surface area contributed by atoms with Crippen molar-refractivity contribution in [1.29, 1.82) is 0 Å². The van der Waals surface area contributed by atoms with Crippen molar-refractivity contribution in [2.45, 2.75) is 24.5 Å². The van der Waals surface area contributed by atoms with Gasteiger partial charge in [-0.2, -0.15) is 0 Å². The molecule has 102 valence electrons. The topological polar surface area (TPSA) is 83.6 Å². The molecule has 6 nitrogen and oxygen atoms in total. The zero-order valence-electron chi connectivity index (χ0n) is 9.57. The minimum absolute atomic E-state index is 0.0708. The maximum absolute atomic E-state index is 11.6. The summed E-state index contributed by atoms with van der Waals surface area (Å²) < 4.78 is 46.3. The first-order valence-corrected chi connectivity index (χ1v) is 9.82. The molecule has 0 unspecified atom stereocenters. The van der Waals surface area contributed by atoms with Gasteiger partial charge in [-0.1, -0.05) is 0 Å². The van der Waals surface area contributed by atoms with Gasteiger partial charge in [0.15, 0.2) is 24.8 Å². The molecular weight excluding hydrogens is 296 g/mol. The number of rotatable bonds is 1. The Labute approximate surface area is 112 Å². The van der Waals surface area contributed by atoms with Gasteiger partial charge < -0.3 is 10.2 Å². The molecule has 3 saturated heterocycles. The number of hydrogen-bond acceptors (Lipinski definition) is 5. The van der Waals surface area contributed by atoms with Gasteiger partial charge in [0.05, 0.1) is 35.1 Å². The Kier molecular flexibility index (Phi) is 2.66. The van der Waals surface area contributed by atoms with E-state index in [0.29, 0.717) is 11.5 Å². The van der Waals surface area contributed by atoms with Gasteiger partial charge in [0.25, 0.3) is 0 Å². The highest BCUT2D eigenvalue weighted by atomic mass is 32.2. The van der Waals surface area contributed by atoms with E-state index in [1.165, 1.54) is 0 Å². The second-order valence-corrected chi connectivity index (χ2v) is 9.93. The molecule has 3 aliphatic heterocycles. The number of hydrogen-bond donors (Lipinski definition) is 1. The zero-order chi connectivity index (χ0) is 13.1. The summed E-state index contributed by atoms with van der Waals surface area (Å²) in [6.45, 7) is 0. The molecule has 0 spiro atoms. The molecule has 0 saturated carbocycles. The lowest BCUT2D eigenvalue weighted by Gasteiger charge is -2.28. The fourth-order valence-corrected chi connectivity index (χ4v) is 7.11. The first-order valence-electron chi connectivity index (χ1n) is 5.77. The van der Waals surface area contributed by atoms with E-state index in [1.807, 2.05) is 4.90 Å². The molecule has 0 aromatic heterocycles. The van der Waals surface area contributed by atoms with Gasteiger partial charge >= 0.3 is 0 Å².